The molecule has 1 atom stereocenters. The molecule has 0 fully saturated rings. The van der Waals surface area contributed by atoms with Crippen LogP contribution in [0.4, 0.5) is 0 Å². The number of hydrogen-bond acceptors (Lipinski definition) is 5. The van der Waals surface area contributed by atoms with Gasteiger partial charge in [-0.1, -0.05) is 26.0 Å². The highest BCUT2D eigenvalue weighted by molar-refractivity contribution is 5.82. The summed E-state index contributed by atoms with van der Waals surface area (Å²) < 4.78 is 11.5. The third-order valence-corrected chi connectivity index (χ3v) is 4.39. The van der Waals surface area contributed by atoms with Gasteiger partial charge in [-0.25, -0.2) is 9.97 Å². The van der Waals surface area contributed by atoms with Gasteiger partial charge < -0.3 is 14.4 Å². The highest BCUT2D eigenvalue weighted by atomic mass is 16.6. The average molecular weight is 339 g/mol. The van der Waals surface area contributed by atoms with Crippen molar-refractivity contribution in [1.82, 2.24) is 14.9 Å². The van der Waals surface area contributed by atoms with Gasteiger partial charge in [0.2, 0.25) is 6.10 Å². The molecule has 6 heteroatoms. The van der Waals surface area contributed by atoms with Gasteiger partial charge >= 0.3 is 0 Å². The first-order chi connectivity index (χ1) is 12.1. The van der Waals surface area contributed by atoms with Crippen LogP contribution in [-0.2, 0) is 24.3 Å². The Morgan fingerprint density at radius 1 is 1.28 bits per heavy atom. The van der Waals surface area contributed by atoms with E-state index in [1.807, 2.05) is 30.5 Å². The number of fused-ring (bicyclic) bond motifs is 2. The molecular formula is C19H21N3O3. The Balaban J connectivity index is 1.46. The van der Waals surface area contributed by atoms with Crippen molar-refractivity contribution in [1.29, 1.82) is 0 Å². The van der Waals surface area contributed by atoms with E-state index >= 15 is 0 Å². The summed E-state index contributed by atoms with van der Waals surface area (Å²) in [7, 11) is 0. The maximum Gasteiger partial charge on any atom is 0.267 e. The van der Waals surface area contributed by atoms with Crippen molar-refractivity contribution in [3.63, 3.8) is 0 Å². The molecule has 2 aromatic rings. The van der Waals surface area contributed by atoms with Crippen molar-refractivity contribution in [2.45, 2.75) is 39.5 Å². The minimum atomic E-state index is -0.618. The Bertz CT molecular complexity index is 806. The molecule has 2 aliphatic rings. The van der Waals surface area contributed by atoms with Crippen molar-refractivity contribution in [2.24, 2.45) is 5.92 Å². The van der Waals surface area contributed by atoms with Gasteiger partial charge in [0.05, 0.1) is 12.2 Å². The van der Waals surface area contributed by atoms with Crippen molar-refractivity contribution >= 4 is 5.91 Å². The Morgan fingerprint density at radius 3 is 2.88 bits per heavy atom. The Morgan fingerprint density at radius 2 is 2.08 bits per heavy atom. The fraction of sp³-hybridized carbons (Fsp3) is 0.421. The first kappa shape index (κ1) is 15.9. The van der Waals surface area contributed by atoms with Crippen LogP contribution in [0.25, 0.3) is 0 Å². The number of ether oxygens (including phenoxy) is 2. The van der Waals surface area contributed by atoms with Gasteiger partial charge in [-0.05, 0) is 18.1 Å². The standard InChI is InChI=1S/C19H21N3O3/c1-12(2)7-18-20-8-13-9-22(10-14(13)21-18)19(23)17-11-24-15-5-3-4-6-16(15)25-17/h3-6,8,12,17H,7,9-11H2,1-2H3/t17-/m1/s1. The molecule has 4 rings (SSSR count). The molecule has 1 aromatic heterocycles. The van der Waals surface area contributed by atoms with E-state index in [2.05, 4.69) is 23.8 Å². The third-order valence-electron chi connectivity index (χ3n) is 4.39. The minimum absolute atomic E-state index is 0.0714. The van der Waals surface area contributed by atoms with E-state index in [1.54, 1.807) is 4.90 Å². The highest BCUT2D eigenvalue weighted by Gasteiger charge is 2.34. The highest BCUT2D eigenvalue weighted by Crippen LogP contribution is 2.32. The van der Waals surface area contributed by atoms with Crippen molar-refractivity contribution in [3.8, 4) is 11.5 Å². The number of amides is 1. The molecule has 0 radical (unpaired) electrons. The summed E-state index contributed by atoms with van der Waals surface area (Å²) in [5.41, 5.74) is 1.95. The van der Waals surface area contributed by atoms with Crippen LogP contribution in [0, 0.1) is 5.92 Å². The van der Waals surface area contributed by atoms with Crippen LogP contribution in [0.1, 0.15) is 30.9 Å². The summed E-state index contributed by atoms with van der Waals surface area (Å²) in [5, 5.41) is 0. The van der Waals surface area contributed by atoms with Crippen LogP contribution >= 0.6 is 0 Å². The molecule has 2 aliphatic heterocycles. The third kappa shape index (κ3) is 3.16. The molecule has 0 bridgehead atoms. The molecule has 0 saturated heterocycles. The van der Waals surface area contributed by atoms with E-state index < -0.39 is 6.10 Å². The SMILES string of the molecule is CC(C)Cc1ncc2c(n1)CN(C(=O)[C@H]1COc3ccccc3O1)C2. The summed E-state index contributed by atoms with van der Waals surface area (Å²) in [4.78, 5) is 23.6. The zero-order valence-electron chi connectivity index (χ0n) is 14.4. The second kappa shape index (κ2) is 6.35. The molecular weight excluding hydrogens is 318 g/mol. The predicted molar refractivity (Wildman–Crippen MR) is 91.2 cm³/mol. The van der Waals surface area contributed by atoms with E-state index in [-0.39, 0.29) is 12.5 Å². The monoisotopic (exact) mass is 339 g/mol. The molecule has 0 aliphatic carbocycles. The molecule has 130 valence electrons. The lowest BCUT2D eigenvalue weighted by atomic mass is 10.1. The molecule has 0 unspecified atom stereocenters. The topological polar surface area (TPSA) is 64.6 Å². The molecule has 3 heterocycles. The maximum atomic E-state index is 12.8. The summed E-state index contributed by atoms with van der Waals surface area (Å²) in [6.45, 7) is 5.54. The van der Waals surface area contributed by atoms with Crippen molar-refractivity contribution < 1.29 is 14.3 Å². The number of aromatic nitrogens is 2. The van der Waals surface area contributed by atoms with Gasteiger partial charge in [0.15, 0.2) is 11.5 Å². The molecule has 25 heavy (non-hydrogen) atoms. The molecule has 6 nitrogen and oxygen atoms in total. The van der Waals surface area contributed by atoms with E-state index in [1.165, 1.54) is 0 Å². The molecule has 1 amide bonds. The zero-order valence-corrected chi connectivity index (χ0v) is 14.4. The number of rotatable bonds is 3. The van der Waals surface area contributed by atoms with Gasteiger partial charge in [0.25, 0.3) is 5.91 Å². The van der Waals surface area contributed by atoms with E-state index in [4.69, 9.17) is 9.47 Å². The van der Waals surface area contributed by atoms with Crippen LogP contribution < -0.4 is 9.47 Å². The molecule has 0 N–H and O–H groups in total. The minimum Gasteiger partial charge on any atom is -0.485 e. The number of nitrogens with zero attached hydrogens (tertiary/aromatic N) is 3. The lowest BCUT2D eigenvalue weighted by Gasteiger charge is -2.28. The van der Waals surface area contributed by atoms with Gasteiger partial charge in [-0.3, -0.25) is 4.79 Å². The Kier molecular flexibility index (Phi) is 4.03. The van der Waals surface area contributed by atoms with Gasteiger partial charge in [0.1, 0.15) is 12.4 Å². The first-order valence-electron chi connectivity index (χ1n) is 8.61. The van der Waals surface area contributed by atoms with Crippen LogP contribution in [0.2, 0.25) is 0 Å². The Labute approximate surface area is 146 Å². The lowest BCUT2D eigenvalue weighted by molar-refractivity contribution is -0.141. The zero-order chi connectivity index (χ0) is 17.4. The number of carbonyl (C=O) groups is 1. The summed E-state index contributed by atoms with van der Waals surface area (Å²) in [6, 6.07) is 7.41. The lowest BCUT2D eigenvalue weighted by Crippen LogP contribution is -2.44. The number of carbonyl (C=O) groups excluding carboxylic acids is 1. The largest absolute Gasteiger partial charge is 0.485 e. The van der Waals surface area contributed by atoms with Crippen LogP contribution in [0.5, 0.6) is 11.5 Å². The van der Waals surface area contributed by atoms with Crippen LogP contribution in [0.3, 0.4) is 0 Å². The fourth-order valence-corrected chi connectivity index (χ4v) is 3.16. The van der Waals surface area contributed by atoms with Gasteiger partial charge in [-0.15, -0.1) is 0 Å². The second-order valence-electron chi connectivity index (χ2n) is 6.91. The van der Waals surface area contributed by atoms with E-state index in [0.29, 0.717) is 30.5 Å². The quantitative estimate of drug-likeness (QED) is 0.859. The maximum absolute atomic E-state index is 12.8. The second-order valence-corrected chi connectivity index (χ2v) is 6.91. The van der Waals surface area contributed by atoms with Crippen LogP contribution in [-0.4, -0.2) is 33.5 Å². The summed E-state index contributed by atoms with van der Waals surface area (Å²) in [5.74, 6) is 2.57. The van der Waals surface area contributed by atoms with E-state index in [0.717, 1.165) is 23.5 Å². The molecule has 0 saturated carbocycles. The normalized spacial score (nSPS) is 18.4. The average Bonchev–Trinajstić information content (AvgIpc) is 3.03. The number of hydrogen-bond donors (Lipinski definition) is 0. The summed E-state index contributed by atoms with van der Waals surface area (Å²) >= 11 is 0. The van der Waals surface area contributed by atoms with E-state index in [9.17, 15) is 4.79 Å². The van der Waals surface area contributed by atoms with Gasteiger partial charge in [-0.2, -0.15) is 0 Å². The first-order valence-corrected chi connectivity index (χ1v) is 8.61. The fourth-order valence-electron chi connectivity index (χ4n) is 3.16. The number of para-hydroxylation sites is 2. The van der Waals surface area contributed by atoms with Crippen molar-refractivity contribution in [3.05, 3.63) is 47.5 Å². The predicted octanol–water partition coefficient (Wildman–Crippen LogP) is 2.36. The van der Waals surface area contributed by atoms with Gasteiger partial charge in [0, 0.05) is 24.7 Å². The molecule has 1 aromatic carbocycles. The van der Waals surface area contributed by atoms with Crippen LogP contribution in [0.15, 0.2) is 30.5 Å². The molecule has 0 spiro atoms. The Hall–Kier alpha value is -2.63. The number of benzene rings is 1. The van der Waals surface area contributed by atoms with Crippen molar-refractivity contribution in [2.75, 3.05) is 6.61 Å². The summed E-state index contributed by atoms with van der Waals surface area (Å²) in [6.07, 6.45) is 2.07. The smallest absolute Gasteiger partial charge is 0.267 e.